The largest absolute Gasteiger partial charge is 0.346 e. The van der Waals surface area contributed by atoms with Crippen molar-refractivity contribution >= 4 is 29.4 Å². The number of nitrogens with zero attached hydrogens (tertiary/aromatic N) is 1. The minimum Gasteiger partial charge on any atom is -0.346 e. The van der Waals surface area contributed by atoms with E-state index >= 15 is 0 Å². The van der Waals surface area contributed by atoms with Gasteiger partial charge in [-0.05, 0) is 61.7 Å². The van der Waals surface area contributed by atoms with Crippen LogP contribution in [0, 0.1) is 23.2 Å². The summed E-state index contributed by atoms with van der Waals surface area (Å²) in [4.78, 5) is 68.1. The van der Waals surface area contributed by atoms with Crippen molar-refractivity contribution in [3.8, 4) is 0 Å². The van der Waals surface area contributed by atoms with Crippen LogP contribution in [0.15, 0.2) is 25.3 Å². The molecule has 1 aliphatic carbocycles. The standard InChI is InChI=1S/C32H52N4O5/c1-8-10-15-24(28(38)30(40)33-17-9-2)34-29(39)27-23(19-21(3)4)16-18-36(27)31(41)26(22-13-11-12-14-22)35-25(37)20-32(5,6)7/h8-9,21-24,26-27H,1-2,10-20H2,3-7H3,(H,33,40)(H,34,39)(H,35,37)/t23-,24?,26+,27+/m1/s1. The lowest BCUT2D eigenvalue weighted by molar-refractivity contribution is -0.145. The first kappa shape index (κ1) is 34.2. The molecule has 0 aromatic carbocycles. The number of ketones is 1. The van der Waals surface area contributed by atoms with Gasteiger partial charge in [0.25, 0.3) is 5.91 Å². The van der Waals surface area contributed by atoms with Crippen LogP contribution in [0.3, 0.4) is 0 Å². The zero-order valence-electron chi connectivity index (χ0n) is 25.8. The molecule has 1 saturated carbocycles. The maximum absolute atomic E-state index is 14.2. The Morgan fingerprint density at radius 2 is 1.63 bits per heavy atom. The van der Waals surface area contributed by atoms with Gasteiger partial charge in [-0.25, -0.2) is 0 Å². The quantitative estimate of drug-likeness (QED) is 0.204. The van der Waals surface area contributed by atoms with E-state index < -0.39 is 35.7 Å². The topological polar surface area (TPSA) is 125 Å². The first-order valence-electron chi connectivity index (χ1n) is 15.2. The Bertz CT molecular complexity index is 964. The number of amides is 4. The van der Waals surface area contributed by atoms with Crippen molar-refractivity contribution in [3.63, 3.8) is 0 Å². The number of likely N-dealkylation sites (tertiary alicyclic amines) is 1. The molecule has 1 aliphatic heterocycles. The van der Waals surface area contributed by atoms with Crippen molar-refractivity contribution in [3.05, 3.63) is 25.3 Å². The van der Waals surface area contributed by atoms with Crippen LogP contribution in [-0.2, 0) is 24.0 Å². The second-order valence-corrected chi connectivity index (χ2v) is 13.3. The molecule has 0 bridgehead atoms. The Morgan fingerprint density at radius 1 is 0.976 bits per heavy atom. The van der Waals surface area contributed by atoms with Gasteiger partial charge in [0.2, 0.25) is 23.5 Å². The third kappa shape index (κ3) is 10.4. The first-order valence-corrected chi connectivity index (χ1v) is 15.2. The lowest BCUT2D eigenvalue weighted by atomic mass is 9.89. The molecular weight excluding hydrogens is 520 g/mol. The lowest BCUT2D eigenvalue weighted by Gasteiger charge is -2.34. The van der Waals surface area contributed by atoms with Crippen molar-refractivity contribution in [2.24, 2.45) is 23.2 Å². The molecular formula is C32H52N4O5. The second-order valence-electron chi connectivity index (χ2n) is 13.3. The fourth-order valence-corrected chi connectivity index (χ4v) is 6.09. The Labute approximate surface area is 246 Å². The summed E-state index contributed by atoms with van der Waals surface area (Å²) in [5.74, 6) is -2.15. The maximum atomic E-state index is 14.2. The molecule has 9 nitrogen and oxygen atoms in total. The van der Waals surface area contributed by atoms with Gasteiger partial charge in [0.05, 0.1) is 6.04 Å². The van der Waals surface area contributed by atoms with Crippen LogP contribution < -0.4 is 16.0 Å². The molecule has 2 fully saturated rings. The Balaban J connectivity index is 2.34. The van der Waals surface area contributed by atoms with E-state index in [0.717, 1.165) is 32.1 Å². The zero-order valence-corrected chi connectivity index (χ0v) is 25.8. The van der Waals surface area contributed by atoms with E-state index in [-0.39, 0.29) is 42.0 Å². The van der Waals surface area contributed by atoms with Gasteiger partial charge in [-0.2, -0.15) is 0 Å². The van der Waals surface area contributed by atoms with Crippen molar-refractivity contribution in [1.29, 1.82) is 0 Å². The highest BCUT2D eigenvalue weighted by molar-refractivity contribution is 6.38. The summed E-state index contributed by atoms with van der Waals surface area (Å²) in [5, 5.41) is 8.34. The SMILES string of the molecule is C=CCCC(NC(=O)[C@@H]1[C@@H](CC(C)C)CCN1C(=O)[C@@H](NC(=O)CC(C)(C)C)C1CCCC1)C(=O)C(=O)NCC=C. The summed E-state index contributed by atoms with van der Waals surface area (Å²) >= 11 is 0. The number of allylic oxidation sites excluding steroid dienone is 1. The molecule has 0 spiro atoms. The number of carbonyl (C=O) groups excluding carboxylic acids is 5. The van der Waals surface area contributed by atoms with Crippen LogP contribution >= 0.6 is 0 Å². The molecule has 2 rings (SSSR count). The van der Waals surface area contributed by atoms with Crippen molar-refractivity contribution in [2.45, 2.75) is 111 Å². The average Bonchev–Trinajstić information content (AvgIpc) is 3.56. The normalized spacial score (nSPS) is 20.8. The van der Waals surface area contributed by atoms with Crippen molar-refractivity contribution in [1.82, 2.24) is 20.9 Å². The molecule has 4 atom stereocenters. The molecule has 41 heavy (non-hydrogen) atoms. The Morgan fingerprint density at radius 3 is 2.20 bits per heavy atom. The van der Waals surface area contributed by atoms with Gasteiger partial charge in [0.15, 0.2) is 0 Å². The molecule has 0 aromatic heterocycles. The number of nitrogens with one attached hydrogen (secondary N) is 3. The highest BCUT2D eigenvalue weighted by Gasteiger charge is 2.46. The van der Waals surface area contributed by atoms with Gasteiger partial charge in [0.1, 0.15) is 12.1 Å². The zero-order chi connectivity index (χ0) is 30.7. The van der Waals surface area contributed by atoms with E-state index in [4.69, 9.17) is 0 Å². The summed E-state index contributed by atoms with van der Waals surface area (Å²) in [6.45, 7) is 17.9. The fourth-order valence-electron chi connectivity index (χ4n) is 6.09. The van der Waals surface area contributed by atoms with E-state index in [0.29, 0.717) is 31.7 Å². The predicted molar refractivity (Wildman–Crippen MR) is 161 cm³/mol. The van der Waals surface area contributed by atoms with E-state index in [1.165, 1.54) is 6.08 Å². The van der Waals surface area contributed by atoms with E-state index in [1.54, 1.807) is 11.0 Å². The van der Waals surface area contributed by atoms with E-state index in [9.17, 15) is 24.0 Å². The van der Waals surface area contributed by atoms with Crippen LogP contribution in [0.4, 0.5) is 0 Å². The van der Waals surface area contributed by atoms with Gasteiger partial charge in [0, 0.05) is 19.5 Å². The van der Waals surface area contributed by atoms with Crippen molar-refractivity contribution < 1.29 is 24.0 Å². The minimum absolute atomic E-state index is 0.0229. The number of rotatable bonds is 15. The molecule has 1 saturated heterocycles. The molecule has 0 aromatic rings. The van der Waals surface area contributed by atoms with Gasteiger partial charge in [-0.1, -0.05) is 59.6 Å². The summed E-state index contributed by atoms with van der Waals surface area (Å²) in [5.41, 5.74) is -0.225. The van der Waals surface area contributed by atoms with Crippen LogP contribution in [-0.4, -0.2) is 65.5 Å². The third-order valence-corrected chi connectivity index (χ3v) is 7.92. The number of hydrogen-bond acceptors (Lipinski definition) is 5. The number of carbonyl (C=O) groups is 5. The van der Waals surface area contributed by atoms with Crippen LogP contribution in [0.1, 0.15) is 92.4 Å². The predicted octanol–water partition coefficient (Wildman–Crippen LogP) is 3.68. The molecule has 230 valence electrons. The summed E-state index contributed by atoms with van der Waals surface area (Å²) in [6.07, 6.45) is 9.15. The van der Waals surface area contributed by atoms with Crippen LogP contribution in [0.2, 0.25) is 0 Å². The fraction of sp³-hybridized carbons (Fsp3) is 0.719. The summed E-state index contributed by atoms with van der Waals surface area (Å²) in [7, 11) is 0. The minimum atomic E-state index is -1.04. The molecule has 3 N–H and O–H groups in total. The van der Waals surface area contributed by atoms with Crippen LogP contribution in [0.5, 0.6) is 0 Å². The molecule has 9 heteroatoms. The highest BCUT2D eigenvalue weighted by atomic mass is 16.2. The highest BCUT2D eigenvalue weighted by Crippen LogP contribution is 2.34. The van der Waals surface area contributed by atoms with Gasteiger partial charge in [-0.15, -0.1) is 13.2 Å². The maximum Gasteiger partial charge on any atom is 0.289 e. The van der Waals surface area contributed by atoms with Gasteiger partial charge < -0.3 is 20.9 Å². The van der Waals surface area contributed by atoms with E-state index in [1.807, 2.05) is 20.8 Å². The van der Waals surface area contributed by atoms with E-state index in [2.05, 4.69) is 43.0 Å². The van der Waals surface area contributed by atoms with Gasteiger partial charge in [-0.3, -0.25) is 24.0 Å². The monoisotopic (exact) mass is 572 g/mol. The van der Waals surface area contributed by atoms with Crippen molar-refractivity contribution in [2.75, 3.05) is 13.1 Å². The second kappa shape index (κ2) is 15.9. The molecule has 4 amide bonds. The Hall–Kier alpha value is -2.97. The smallest absolute Gasteiger partial charge is 0.289 e. The Kier molecular flexibility index (Phi) is 13.3. The first-order chi connectivity index (χ1) is 19.3. The molecule has 0 radical (unpaired) electrons. The average molecular weight is 573 g/mol. The molecule has 1 heterocycles. The third-order valence-electron chi connectivity index (χ3n) is 7.92. The summed E-state index contributed by atoms with van der Waals surface area (Å²) < 4.78 is 0. The lowest BCUT2D eigenvalue weighted by Crippen LogP contribution is -2.58. The summed E-state index contributed by atoms with van der Waals surface area (Å²) in [6, 6.07) is -2.52. The van der Waals surface area contributed by atoms with Crippen LogP contribution in [0.25, 0.3) is 0 Å². The molecule has 1 unspecified atom stereocenters. The van der Waals surface area contributed by atoms with Gasteiger partial charge >= 0.3 is 0 Å². The molecule has 2 aliphatic rings. The number of Topliss-reactive ketones (excluding diaryl/α,β-unsaturated/α-hetero) is 1. The number of hydrogen-bond donors (Lipinski definition) is 3.